The van der Waals surface area contributed by atoms with Crippen molar-refractivity contribution in [1.29, 1.82) is 0 Å². The molecule has 6 heteroatoms. The third-order valence-electron chi connectivity index (χ3n) is 6.75. The van der Waals surface area contributed by atoms with Crippen LogP contribution in [0.2, 0.25) is 0 Å². The summed E-state index contributed by atoms with van der Waals surface area (Å²) in [6.45, 7) is 11.0. The quantitative estimate of drug-likeness (QED) is 0.271. The maximum Gasteiger partial charge on any atom is 0.173 e. The Bertz CT molecular complexity index is 1240. The molecule has 0 bridgehead atoms. The Labute approximate surface area is 259 Å². The Morgan fingerprint density at radius 3 is 1.32 bits per heavy atom. The summed E-state index contributed by atoms with van der Waals surface area (Å²) in [4.78, 5) is 0. The molecule has 4 aromatic carbocycles. The van der Waals surface area contributed by atoms with Gasteiger partial charge in [-0.2, -0.15) is 5.09 Å². The minimum Gasteiger partial charge on any atom is -1.00 e. The van der Waals surface area contributed by atoms with Gasteiger partial charge in [0.25, 0.3) is 0 Å². The van der Waals surface area contributed by atoms with Crippen LogP contribution in [0, 0.1) is 0 Å². The van der Waals surface area contributed by atoms with Gasteiger partial charge in [0.05, 0.1) is 0 Å². The van der Waals surface area contributed by atoms with Crippen LogP contribution in [0.4, 0.5) is 0 Å². The summed E-state index contributed by atoms with van der Waals surface area (Å²) in [6.07, 6.45) is 2.56. The first kappa shape index (κ1) is 33.5. The van der Waals surface area contributed by atoms with Crippen molar-refractivity contribution in [2.45, 2.75) is 52.6 Å². The van der Waals surface area contributed by atoms with Crippen LogP contribution in [0.5, 0.6) is 0 Å². The molecule has 41 heavy (non-hydrogen) atoms. The summed E-state index contributed by atoms with van der Waals surface area (Å²) in [6, 6.07) is 44.8. The molecule has 1 fully saturated rings. The van der Waals surface area contributed by atoms with Crippen LogP contribution < -0.4 is 48.4 Å². The summed E-state index contributed by atoms with van der Waals surface area (Å²) < 4.78 is 4.94. The Kier molecular flexibility index (Phi) is 13.5. The van der Waals surface area contributed by atoms with E-state index in [-0.39, 0.29) is 17.0 Å². The monoisotopic (exact) mass is 650 g/mol. The standard InChI is InChI=1S/C31H37N2P2.C4H8O.BrH/c1-26(2)32-34(28-17-9-5-10-18-28,29-19-11-6-12-20-29)25-35(33-27(3)4,30-21-13-7-14-22-30)31-23-15-8-16-24-31;1-2-4-5-3-1;/h5-27,32-33H,1-4H3;1-4H2;1H/q+1;;/p-1. The summed E-state index contributed by atoms with van der Waals surface area (Å²) in [5, 5.41) is 13.7. The van der Waals surface area contributed by atoms with Gasteiger partial charge in [-0.05, 0) is 75.4 Å². The fourth-order valence-corrected chi connectivity index (χ4v) is 15.3. The van der Waals surface area contributed by atoms with Gasteiger partial charge >= 0.3 is 0 Å². The van der Waals surface area contributed by atoms with Crippen LogP contribution >= 0.6 is 14.4 Å². The van der Waals surface area contributed by atoms with Gasteiger partial charge in [-0.3, -0.25) is 5.09 Å². The van der Waals surface area contributed by atoms with Crippen LogP contribution in [0.3, 0.4) is 0 Å². The van der Waals surface area contributed by atoms with Gasteiger partial charge in [-0.25, -0.2) is 0 Å². The molecule has 0 amide bonds. The maximum absolute atomic E-state index is 4.94. The molecular weight excluding hydrogens is 606 g/mol. The van der Waals surface area contributed by atoms with Gasteiger partial charge in [-0.15, -0.1) is 0 Å². The predicted molar refractivity (Wildman–Crippen MR) is 181 cm³/mol. The van der Waals surface area contributed by atoms with Crippen LogP contribution in [0.15, 0.2) is 121 Å². The number of nitrogens with one attached hydrogen (secondary N) is 2. The van der Waals surface area contributed by atoms with E-state index in [1.54, 1.807) is 0 Å². The highest BCUT2D eigenvalue weighted by molar-refractivity contribution is 8.11. The summed E-state index contributed by atoms with van der Waals surface area (Å²) in [7, 11) is -4.31. The van der Waals surface area contributed by atoms with Crippen LogP contribution in [0.1, 0.15) is 40.5 Å². The second-order valence-corrected chi connectivity index (χ2v) is 17.2. The van der Waals surface area contributed by atoms with Crippen molar-refractivity contribution in [2.24, 2.45) is 0 Å². The number of rotatable bonds is 9. The molecule has 0 atom stereocenters. The largest absolute Gasteiger partial charge is 1.00 e. The first-order valence-corrected chi connectivity index (χ1v) is 18.2. The minimum atomic E-state index is -2.15. The lowest BCUT2D eigenvalue weighted by Gasteiger charge is -2.35. The normalized spacial score (nSPS) is 13.3. The zero-order valence-electron chi connectivity index (χ0n) is 24.8. The molecule has 0 saturated carbocycles. The second-order valence-electron chi connectivity index (χ2n) is 10.8. The van der Waals surface area contributed by atoms with Gasteiger partial charge in [-0.1, -0.05) is 97.1 Å². The lowest BCUT2D eigenvalue weighted by atomic mass is 10.4. The van der Waals surface area contributed by atoms with E-state index in [1.807, 2.05) is 0 Å². The molecule has 1 aliphatic rings. The van der Waals surface area contributed by atoms with E-state index in [0.717, 1.165) is 13.2 Å². The van der Waals surface area contributed by atoms with Gasteiger partial charge in [0.2, 0.25) is 0 Å². The molecular formula is C35H45BrN2OP2. The molecule has 2 N–H and O–H groups in total. The lowest BCUT2D eigenvalue weighted by molar-refractivity contribution is -0.00000909. The van der Waals surface area contributed by atoms with Crippen molar-refractivity contribution in [3.8, 4) is 0 Å². The SMILES string of the molecule is C1CCOC1.CC(C)NP(=C[P+](NC(C)C)(c1ccccc1)c1ccccc1)(c1ccccc1)c1ccccc1.[Br-]. The first-order chi connectivity index (χ1) is 19.5. The third kappa shape index (κ3) is 8.74. The van der Waals surface area contributed by atoms with Crippen molar-refractivity contribution in [3.63, 3.8) is 0 Å². The molecule has 0 spiro atoms. The topological polar surface area (TPSA) is 33.3 Å². The molecule has 0 unspecified atom stereocenters. The Balaban J connectivity index is 0.000000696. The first-order valence-electron chi connectivity index (χ1n) is 14.5. The second kappa shape index (κ2) is 16.6. The van der Waals surface area contributed by atoms with E-state index in [0.29, 0.717) is 12.1 Å². The minimum absolute atomic E-state index is 0. The zero-order chi connectivity index (χ0) is 28.3. The predicted octanol–water partition coefficient (Wildman–Crippen LogP) is 3.71. The van der Waals surface area contributed by atoms with Crippen LogP contribution in [-0.2, 0) is 4.74 Å². The van der Waals surface area contributed by atoms with Crippen molar-refractivity contribution in [2.75, 3.05) is 13.2 Å². The molecule has 1 saturated heterocycles. The summed E-state index contributed by atoms with van der Waals surface area (Å²) in [5.41, 5.74) is 2.72. The molecule has 0 aliphatic carbocycles. The maximum atomic E-state index is 4.94. The van der Waals surface area contributed by atoms with E-state index < -0.39 is 14.4 Å². The molecule has 218 valence electrons. The van der Waals surface area contributed by atoms with E-state index in [2.05, 4.69) is 165 Å². The van der Waals surface area contributed by atoms with Gasteiger partial charge < -0.3 is 21.7 Å². The summed E-state index contributed by atoms with van der Waals surface area (Å²) >= 11 is 0. The smallest absolute Gasteiger partial charge is 0.173 e. The molecule has 3 nitrogen and oxygen atoms in total. The highest BCUT2D eigenvalue weighted by atomic mass is 79.9. The molecule has 0 radical (unpaired) electrons. The average molecular weight is 652 g/mol. The van der Waals surface area contributed by atoms with Crippen molar-refractivity contribution in [3.05, 3.63) is 121 Å². The average Bonchev–Trinajstić information content (AvgIpc) is 3.58. The molecule has 0 aromatic heterocycles. The van der Waals surface area contributed by atoms with Crippen molar-refractivity contribution >= 4 is 41.2 Å². The zero-order valence-corrected chi connectivity index (χ0v) is 28.2. The Hall–Kier alpha value is -2.03. The molecule has 1 aliphatic heterocycles. The third-order valence-corrected chi connectivity index (χ3v) is 15.8. The van der Waals surface area contributed by atoms with Crippen LogP contribution in [-0.4, -0.2) is 30.8 Å². The van der Waals surface area contributed by atoms with E-state index in [1.165, 1.54) is 34.1 Å². The van der Waals surface area contributed by atoms with Crippen LogP contribution in [0.25, 0.3) is 0 Å². The van der Waals surface area contributed by atoms with E-state index in [9.17, 15) is 0 Å². The fourth-order valence-electron chi connectivity index (χ4n) is 5.17. The number of ether oxygens (including phenoxy) is 1. The van der Waals surface area contributed by atoms with E-state index >= 15 is 0 Å². The Morgan fingerprint density at radius 1 is 0.610 bits per heavy atom. The highest BCUT2D eigenvalue weighted by Crippen LogP contribution is 2.58. The van der Waals surface area contributed by atoms with Crippen molar-refractivity contribution in [1.82, 2.24) is 10.2 Å². The van der Waals surface area contributed by atoms with Gasteiger partial charge in [0, 0.05) is 32.3 Å². The number of hydrogen-bond acceptors (Lipinski definition) is 3. The van der Waals surface area contributed by atoms with Gasteiger partial charge in [0.15, 0.2) is 7.41 Å². The van der Waals surface area contributed by atoms with Gasteiger partial charge in [0.1, 0.15) is 16.1 Å². The molecule has 5 rings (SSSR count). The van der Waals surface area contributed by atoms with E-state index in [4.69, 9.17) is 4.74 Å². The number of benzene rings is 4. The number of halogens is 1. The highest BCUT2D eigenvalue weighted by Gasteiger charge is 2.45. The molecule has 1 heterocycles. The van der Waals surface area contributed by atoms with Crippen molar-refractivity contribution < 1.29 is 21.7 Å². The summed E-state index contributed by atoms with van der Waals surface area (Å²) in [5.74, 6) is 0. The fraction of sp³-hybridized carbons (Fsp3) is 0.286. The lowest BCUT2D eigenvalue weighted by Crippen LogP contribution is -3.00. The Morgan fingerprint density at radius 2 is 1.00 bits per heavy atom. The molecule has 4 aromatic rings. The number of hydrogen-bond donors (Lipinski definition) is 2.